The number of ether oxygens (including phenoxy) is 1. The first-order chi connectivity index (χ1) is 9.61. The Labute approximate surface area is 133 Å². The minimum Gasteiger partial charge on any atom is -0.496 e. The van der Waals surface area contributed by atoms with Crippen LogP contribution in [0, 0.1) is 0 Å². The monoisotopic (exact) mass is 353 g/mol. The van der Waals surface area contributed by atoms with E-state index in [2.05, 4.69) is 34.2 Å². The highest BCUT2D eigenvalue weighted by molar-refractivity contribution is 9.10. The van der Waals surface area contributed by atoms with E-state index in [1.54, 1.807) is 7.11 Å². The number of hydrogen-bond acceptors (Lipinski definition) is 2. The van der Waals surface area contributed by atoms with Gasteiger partial charge in [0.2, 0.25) is 0 Å². The molecule has 0 bridgehead atoms. The van der Waals surface area contributed by atoms with Crippen molar-refractivity contribution < 1.29 is 4.74 Å². The molecule has 0 amide bonds. The average molecular weight is 355 g/mol. The summed E-state index contributed by atoms with van der Waals surface area (Å²) in [5.74, 6) is 0.848. The molecule has 0 aliphatic carbocycles. The van der Waals surface area contributed by atoms with Gasteiger partial charge >= 0.3 is 0 Å². The number of rotatable bonds is 5. The molecule has 106 valence electrons. The molecule has 0 aliphatic heterocycles. The van der Waals surface area contributed by atoms with Crippen LogP contribution in [0.2, 0.25) is 5.02 Å². The molecule has 2 aromatic rings. The van der Waals surface area contributed by atoms with Crippen LogP contribution < -0.4 is 10.1 Å². The fourth-order valence-corrected chi connectivity index (χ4v) is 2.91. The van der Waals surface area contributed by atoms with E-state index in [-0.39, 0.29) is 6.04 Å². The maximum Gasteiger partial charge on any atom is 0.123 e. The molecule has 0 heterocycles. The van der Waals surface area contributed by atoms with E-state index in [9.17, 15) is 0 Å². The van der Waals surface area contributed by atoms with Gasteiger partial charge in [0.05, 0.1) is 7.11 Å². The van der Waals surface area contributed by atoms with Crippen molar-refractivity contribution in [2.24, 2.45) is 0 Å². The summed E-state index contributed by atoms with van der Waals surface area (Å²) in [4.78, 5) is 0. The Balaban J connectivity index is 2.09. The number of nitrogens with one attached hydrogen (secondary N) is 1. The molecule has 1 N–H and O–H groups in total. The third kappa shape index (κ3) is 3.75. The van der Waals surface area contributed by atoms with Crippen LogP contribution in [0.1, 0.15) is 24.1 Å². The van der Waals surface area contributed by atoms with Crippen LogP contribution in [0.3, 0.4) is 0 Å². The fourth-order valence-electron chi connectivity index (χ4n) is 2.08. The highest BCUT2D eigenvalue weighted by atomic mass is 79.9. The molecule has 1 atom stereocenters. The first-order valence-corrected chi connectivity index (χ1v) is 7.59. The van der Waals surface area contributed by atoms with Crippen LogP contribution in [0.5, 0.6) is 5.75 Å². The second kappa shape index (κ2) is 7.11. The van der Waals surface area contributed by atoms with Crippen LogP contribution in [0.25, 0.3) is 0 Å². The zero-order valence-corrected chi connectivity index (χ0v) is 13.8. The number of halogens is 2. The predicted octanol–water partition coefficient (Wildman–Crippen LogP) is 4.96. The summed E-state index contributed by atoms with van der Waals surface area (Å²) < 4.78 is 6.46. The largest absolute Gasteiger partial charge is 0.496 e. The smallest absolute Gasteiger partial charge is 0.123 e. The van der Waals surface area contributed by atoms with Gasteiger partial charge in [0.1, 0.15) is 5.75 Å². The van der Waals surface area contributed by atoms with Gasteiger partial charge in [-0.25, -0.2) is 0 Å². The maximum absolute atomic E-state index is 6.04. The predicted molar refractivity (Wildman–Crippen MR) is 87.4 cm³/mol. The van der Waals surface area contributed by atoms with Gasteiger partial charge < -0.3 is 10.1 Å². The lowest BCUT2D eigenvalue weighted by Gasteiger charge is -2.17. The lowest BCUT2D eigenvalue weighted by molar-refractivity contribution is 0.406. The Morgan fingerprint density at radius 2 is 2.00 bits per heavy atom. The summed E-state index contributed by atoms with van der Waals surface area (Å²) in [7, 11) is 1.67. The SMILES string of the molecule is COc1ccc(Cl)cc1CN[C@H](C)c1ccccc1Br. The van der Waals surface area contributed by atoms with Crippen molar-refractivity contribution in [3.05, 3.63) is 63.1 Å². The van der Waals surface area contributed by atoms with Crippen molar-refractivity contribution in [2.45, 2.75) is 19.5 Å². The zero-order valence-electron chi connectivity index (χ0n) is 11.5. The summed E-state index contributed by atoms with van der Waals surface area (Å²) in [6.45, 7) is 2.84. The van der Waals surface area contributed by atoms with Crippen molar-refractivity contribution in [1.29, 1.82) is 0 Å². The third-order valence-corrected chi connectivity index (χ3v) is 4.17. The quantitative estimate of drug-likeness (QED) is 0.819. The Kier molecular flexibility index (Phi) is 5.46. The first-order valence-electron chi connectivity index (χ1n) is 6.42. The molecule has 0 saturated carbocycles. The van der Waals surface area contributed by atoms with E-state index in [1.807, 2.05) is 36.4 Å². The highest BCUT2D eigenvalue weighted by Gasteiger charge is 2.10. The Morgan fingerprint density at radius 1 is 1.25 bits per heavy atom. The van der Waals surface area contributed by atoms with E-state index in [4.69, 9.17) is 16.3 Å². The van der Waals surface area contributed by atoms with E-state index >= 15 is 0 Å². The van der Waals surface area contributed by atoms with E-state index < -0.39 is 0 Å². The molecule has 0 radical (unpaired) electrons. The molecular formula is C16H17BrClNO. The molecule has 0 aromatic heterocycles. The molecule has 0 aliphatic rings. The minimum atomic E-state index is 0.231. The van der Waals surface area contributed by atoms with Gasteiger partial charge in [0.25, 0.3) is 0 Å². The second-order valence-electron chi connectivity index (χ2n) is 4.58. The third-order valence-electron chi connectivity index (χ3n) is 3.21. The summed E-state index contributed by atoms with van der Waals surface area (Å²) in [5, 5.41) is 4.21. The average Bonchev–Trinajstić information content (AvgIpc) is 2.45. The van der Waals surface area contributed by atoms with Crippen molar-refractivity contribution >= 4 is 27.5 Å². The van der Waals surface area contributed by atoms with Crippen molar-refractivity contribution in [2.75, 3.05) is 7.11 Å². The van der Waals surface area contributed by atoms with Crippen LogP contribution in [0.4, 0.5) is 0 Å². The van der Waals surface area contributed by atoms with Gasteiger partial charge in [-0.05, 0) is 36.8 Å². The molecule has 2 nitrogen and oxygen atoms in total. The van der Waals surface area contributed by atoms with Crippen molar-refractivity contribution in [3.63, 3.8) is 0 Å². The molecule has 0 fully saturated rings. The summed E-state index contributed by atoms with van der Waals surface area (Å²) >= 11 is 9.62. The highest BCUT2D eigenvalue weighted by Crippen LogP contribution is 2.25. The molecule has 0 spiro atoms. The Hall–Kier alpha value is -1.03. The summed E-state index contributed by atoms with van der Waals surface area (Å²) in [6.07, 6.45) is 0. The van der Waals surface area contributed by atoms with E-state index in [0.717, 1.165) is 20.8 Å². The van der Waals surface area contributed by atoms with Gasteiger partial charge in [0, 0.05) is 27.6 Å². The molecular weight excluding hydrogens is 338 g/mol. The molecule has 2 rings (SSSR count). The molecule has 20 heavy (non-hydrogen) atoms. The number of hydrogen-bond donors (Lipinski definition) is 1. The lowest BCUT2D eigenvalue weighted by Crippen LogP contribution is -2.18. The van der Waals surface area contributed by atoms with Gasteiger partial charge in [0.15, 0.2) is 0 Å². The Morgan fingerprint density at radius 3 is 2.70 bits per heavy atom. The molecule has 0 saturated heterocycles. The van der Waals surface area contributed by atoms with Crippen molar-refractivity contribution in [1.82, 2.24) is 5.32 Å². The van der Waals surface area contributed by atoms with Crippen molar-refractivity contribution in [3.8, 4) is 5.75 Å². The van der Waals surface area contributed by atoms with Crippen LogP contribution >= 0.6 is 27.5 Å². The van der Waals surface area contributed by atoms with Crippen LogP contribution in [-0.4, -0.2) is 7.11 Å². The second-order valence-corrected chi connectivity index (χ2v) is 5.87. The van der Waals surface area contributed by atoms with Crippen LogP contribution in [-0.2, 0) is 6.54 Å². The van der Waals surface area contributed by atoms with Crippen LogP contribution in [0.15, 0.2) is 46.9 Å². The zero-order chi connectivity index (χ0) is 14.5. The molecule has 2 aromatic carbocycles. The van der Waals surface area contributed by atoms with E-state index in [1.165, 1.54) is 5.56 Å². The number of methoxy groups -OCH3 is 1. The molecule has 4 heteroatoms. The van der Waals surface area contributed by atoms with Gasteiger partial charge in [-0.1, -0.05) is 45.7 Å². The lowest BCUT2D eigenvalue weighted by atomic mass is 10.1. The van der Waals surface area contributed by atoms with E-state index in [0.29, 0.717) is 6.54 Å². The Bertz CT molecular complexity index is 588. The fraction of sp³-hybridized carbons (Fsp3) is 0.250. The maximum atomic E-state index is 6.04. The van der Waals surface area contributed by atoms with Gasteiger partial charge in [-0.2, -0.15) is 0 Å². The minimum absolute atomic E-state index is 0.231. The number of benzene rings is 2. The summed E-state index contributed by atoms with van der Waals surface area (Å²) in [6, 6.07) is 14.1. The van der Waals surface area contributed by atoms with Gasteiger partial charge in [-0.3, -0.25) is 0 Å². The van der Waals surface area contributed by atoms with Gasteiger partial charge in [-0.15, -0.1) is 0 Å². The standard InChI is InChI=1S/C16H17BrClNO/c1-11(14-5-3-4-6-15(14)17)19-10-12-9-13(18)7-8-16(12)20-2/h3-9,11,19H,10H2,1-2H3/t11-/m1/s1. The summed E-state index contributed by atoms with van der Waals surface area (Å²) in [5.41, 5.74) is 2.28. The topological polar surface area (TPSA) is 21.3 Å². The first kappa shape index (κ1) is 15.4. The molecule has 0 unspecified atom stereocenters. The normalized spacial score (nSPS) is 12.2.